The highest BCUT2D eigenvalue weighted by molar-refractivity contribution is 7.82. The third-order valence-corrected chi connectivity index (χ3v) is 4.62. The quantitative estimate of drug-likeness (QED) is 0.589. The third kappa shape index (κ3) is 1.81. The molecule has 0 bridgehead atoms. The summed E-state index contributed by atoms with van der Waals surface area (Å²) in [4.78, 5) is 0. The van der Waals surface area contributed by atoms with Crippen LogP contribution in [-0.4, -0.2) is 37.0 Å². The summed E-state index contributed by atoms with van der Waals surface area (Å²) < 4.78 is 53.1. The predicted molar refractivity (Wildman–Crippen MR) is 50.4 cm³/mol. The second-order valence-corrected chi connectivity index (χ2v) is 5.93. The molecule has 1 saturated carbocycles. The first-order valence-electron chi connectivity index (χ1n) is 4.93. The molecular formula is C7H10O7S2. The van der Waals surface area contributed by atoms with Gasteiger partial charge in [-0.3, -0.25) is 8.37 Å². The highest BCUT2D eigenvalue weighted by Gasteiger charge is 2.53. The zero-order valence-electron chi connectivity index (χ0n) is 8.10. The summed E-state index contributed by atoms with van der Waals surface area (Å²) in [5, 5.41) is 0. The van der Waals surface area contributed by atoms with Crippen LogP contribution in [-0.2, 0) is 38.5 Å². The summed E-state index contributed by atoms with van der Waals surface area (Å²) in [7, 11) is -3.94. The van der Waals surface area contributed by atoms with E-state index in [1.54, 1.807) is 0 Å². The molecule has 0 amide bonds. The Morgan fingerprint density at radius 2 is 1.75 bits per heavy atom. The van der Waals surface area contributed by atoms with Gasteiger partial charge in [0.25, 0.3) is 0 Å². The van der Waals surface area contributed by atoms with E-state index < -0.39 is 40.1 Å². The minimum absolute atomic E-state index is 0.382. The third-order valence-electron chi connectivity index (χ3n) is 2.90. The van der Waals surface area contributed by atoms with E-state index in [1.165, 1.54) is 0 Å². The van der Waals surface area contributed by atoms with Crippen molar-refractivity contribution < 1.29 is 29.4 Å². The van der Waals surface area contributed by atoms with Gasteiger partial charge in [-0.25, -0.2) is 8.37 Å². The second kappa shape index (κ2) is 3.72. The fraction of sp³-hybridized carbons (Fsp3) is 1.00. The van der Waals surface area contributed by atoms with Crippen molar-refractivity contribution in [2.45, 2.75) is 43.7 Å². The molecule has 9 heteroatoms. The standard InChI is InChI=1S/C7H10O7S2/c8-15-11-4-2-1-3-5-7(6(4)12-15)14-16(9,10)13-5/h4-7H,1-3H2. The van der Waals surface area contributed by atoms with E-state index in [1.807, 2.05) is 0 Å². The van der Waals surface area contributed by atoms with Crippen LogP contribution in [0.3, 0.4) is 0 Å². The van der Waals surface area contributed by atoms with Crippen molar-refractivity contribution in [2.75, 3.05) is 0 Å². The molecule has 0 aromatic rings. The van der Waals surface area contributed by atoms with E-state index in [-0.39, 0.29) is 6.10 Å². The molecule has 3 fully saturated rings. The minimum atomic E-state index is -3.94. The molecule has 16 heavy (non-hydrogen) atoms. The lowest BCUT2D eigenvalue weighted by Gasteiger charge is -2.17. The van der Waals surface area contributed by atoms with Gasteiger partial charge in [-0.1, -0.05) is 0 Å². The molecule has 2 heterocycles. The molecule has 0 aromatic heterocycles. The number of hydrogen-bond acceptors (Lipinski definition) is 7. The van der Waals surface area contributed by atoms with Crippen LogP contribution in [0.4, 0.5) is 0 Å². The van der Waals surface area contributed by atoms with Gasteiger partial charge in [-0.2, -0.15) is 12.6 Å². The molecule has 2 aliphatic heterocycles. The van der Waals surface area contributed by atoms with Crippen molar-refractivity contribution in [3.05, 3.63) is 0 Å². The van der Waals surface area contributed by atoms with Crippen LogP contribution in [0.2, 0.25) is 0 Å². The summed E-state index contributed by atoms with van der Waals surface area (Å²) >= 11 is -1.82. The molecular weight excluding hydrogens is 260 g/mol. The summed E-state index contributed by atoms with van der Waals surface area (Å²) in [5.41, 5.74) is 0. The highest BCUT2D eigenvalue weighted by atomic mass is 32.3. The van der Waals surface area contributed by atoms with E-state index in [2.05, 4.69) is 0 Å². The maximum atomic E-state index is 11.2. The van der Waals surface area contributed by atoms with Crippen LogP contribution < -0.4 is 0 Å². The molecule has 5 unspecified atom stereocenters. The fourth-order valence-corrected chi connectivity index (χ4v) is 4.16. The summed E-state index contributed by atoms with van der Waals surface area (Å²) in [6.07, 6.45) is -0.366. The number of rotatable bonds is 0. The maximum Gasteiger partial charge on any atom is 0.400 e. The van der Waals surface area contributed by atoms with Crippen molar-refractivity contribution >= 4 is 21.8 Å². The average Bonchev–Trinajstić information content (AvgIpc) is 2.64. The van der Waals surface area contributed by atoms with Gasteiger partial charge in [0.05, 0.1) is 0 Å². The number of fused-ring (bicyclic) bond motifs is 3. The van der Waals surface area contributed by atoms with Crippen molar-refractivity contribution in [1.29, 1.82) is 0 Å². The molecule has 92 valence electrons. The van der Waals surface area contributed by atoms with Gasteiger partial charge in [0.2, 0.25) is 0 Å². The first-order valence-corrected chi connectivity index (χ1v) is 7.26. The molecule has 0 radical (unpaired) electrons. The molecule has 3 aliphatic rings. The SMILES string of the molecule is O=S1OC2CCCC3OS(=O)(=O)OC3C2O1. The van der Waals surface area contributed by atoms with Crippen molar-refractivity contribution in [1.82, 2.24) is 0 Å². The van der Waals surface area contributed by atoms with E-state index >= 15 is 0 Å². The molecule has 7 nitrogen and oxygen atoms in total. The molecule has 5 atom stereocenters. The lowest BCUT2D eigenvalue weighted by atomic mass is 10.1. The Morgan fingerprint density at radius 1 is 1.00 bits per heavy atom. The Balaban J connectivity index is 1.90. The van der Waals surface area contributed by atoms with E-state index in [9.17, 15) is 12.6 Å². The zero-order valence-corrected chi connectivity index (χ0v) is 9.74. The average molecular weight is 270 g/mol. The van der Waals surface area contributed by atoms with Gasteiger partial charge < -0.3 is 0 Å². The minimum Gasteiger partial charge on any atom is -0.262 e. The molecule has 0 spiro atoms. The first-order chi connectivity index (χ1) is 7.55. The van der Waals surface area contributed by atoms with Crippen molar-refractivity contribution in [3.63, 3.8) is 0 Å². The Hall–Kier alpha value is -0.0600. The van der Waals surface area contributed by atoms with Crippen LogP contribution in [0.25, 0.3) is 0 Å². The maximum absolute atomic E-state index is 11.2. The topological polar surface area (TPSA) is 88.1 Å². The number of hydrogen-bond donors (Lipinski definition) is 0. The lowest BCUT2D eigenvalue weighted by molar-refractivity contribution is 0.0295. The first kappa shape index (κ1) is 11.1. The smallest absolute Gasteiger partial charge is 0.262 e. The molecule has 3 rings (SSSR count). The fourth-order valence-electron chi connectivity index (χ4n) is 2.24. The van der Waals surface area contributed by atoms with Crippen LogP contribution in [0.1, 0.15) is 19.3 Å². The summed E-state index contributed by atoms with van der Waals surface area (Å²) in [6.45, 7) is 0. The van der Waals surface area contributed by atoms with Gasteiger partial charge >= 0.3 is 21.8 Å². The van der Waals surface area contributed by atoms with Crippen molar-refractivity contribution in [3.8, 4) is 0 Å². The van der Waals surface area contributed by atoms with Gasteiger partial charge in [-0.05, 0) is 19.3 Å². The normalized spacial score (nSPS) is 50.6. The van der Waals surface area contributed by atoms with E-state index in [4.69, 9.17) is 16.7 Å². The Kier molecular flexibility index (Phi) is 2.57. The van der Waals surface area contributed by atoms with Gasteiger partial charge in [0.15, 0.2) is 0 Å². The monoisotopic (exact) mass is 270 g/mol. The highest BCUT2D eigenvalue weighted by Crippen LogP contribution is 2.37. The van der Waals surface area contributed by atoms with Crippen LogP contribution in [0.15, 0.2) is 0 Å². The Labute approximate surface area is 95.2 Å². The van der Waals surface area contributed by atoms with Gasteiger partial charge in [0.1, 0.15) is 24.4 Å². The van der Waals surface area contributed by atoms with E-state index in [0.717, 1.165) is 6.42 Å². The molecule has 2 saturated heterocycles. The van der Waals surface area contributed by atoms with Gasteiger partial charge in [-0.15, -0.1) is 0 Å². The van der Waals surface area contributed by atoms with Crippen LogP contribution in [0.5, 0.6) is 0 Å². The van der Waals surface area contributed by atoms with Crippen LogP contribution in [0, 0.1) is 0 Å². The van der Waals surface area contributed by atoms with Crippen molar-refractivity contribution in [2.24, 2.45) is 0 Å². The lowest BCUT2D eigenvalue weighted by Crippen LogP contribution is -2.39. The zero-order chi connectivity index (χ0) is 11.3. The largest absolute Gasteiger partial charge is 0.400 e. The van der Waals surface area contributed by atoms with E-state index in [0.29, 0.717) is 12.8 Å². The molecule has 0 N–H and O–H groups in total. The summed E-state index contributed by atoms with van der Waals surface area (Å²) in [6, 6.07) is 0. The molecule has 1 aliphatic carbocycles. The Morgan fingerprint density at radius 3 is 2.56 bits per heavy atom. The molecule has 0 aromatic carbocycles. The predicted octanol–water partition coefficient (Wildman–Crippen LogP) is -0.438. The second-order valence-electron chi connectivity index (χ2n) is 3.93. The van der Waals surface area contributed by atoms with Crippen LogP contribution >= 0.6 is 0 Å². The Bertz CT molecular complexity index is 418. The van der Waals surface area contributed by atoms with Gasteiger partial charge in [0, 0.05) is 0 Å². The summed E-state index contributed by atoms with van der Waals surface area (Å²) in [5.74, 6) is 0.